The lowest BCUT2D eigenvalue weighted by molar-refractivity contribution is -0.141. The van der Waals surface area contributed by atoms with Crippen LogP contribution in [0.15, 0.2) is 12.2 Å². The van der Waals surface area contributed by atoms with Gasteiger partial charge in [0.05, 0.1) is 24.5 Å². The maximum absolute atomic E-state index is 13.1. The van der Waals surface area contributed by atoms with E-state index in [4.69, 9.17) is 11.2 Å². The number of ether oxygens (including phenoxy) is 1. The number of hydrogen-bond acceptors (Lipinski definition) is 4. The highest BCUT2D eigenvalue weighted by atomic mass is 16.5. The van der Waals surface area contributed by atoms with Crippen molar-refractivity contribution >= 4 is 17.7 Å². The molecule has 4 aliphatic rings. The number of carbonyl (C=O) groups excluding carboxylic acids is 3. The Morgan fingerprint density at radius 2 is 2.12 bits per heavy atom. The molecule has 2 saturated heterocycles. The molecular formula is C19H23N3O4. The zero-order chi connectivity index (χ0) is 18.5. The van der Waals surface area contributed by atoms with E-state index in [1.807, 2.05) is 0 Å². The Bertz CT molecular complexity index is 721. The van der Waals surface area contributed by atoms with Crippen molar-refractivity contribution in [1.29, 1.82) is 0 Å². The van der Waals surface area contributed by atoms with Crippen molar-refractivity contribution in [2.45, 2.75) is 49.5 Å². The fourth-order valence-corrected chi connectivity index (χ4v) is 5.05. The van der Waals surface area contributed by atoms with Gasteiger partial charge in [0, 0.05) is 13.1 Å². The minimum absolute atomic E-state index is 0.0160. The van der Waals surface area contributed by atoms with Gasteiger partial charge in [-0.3, -0.25) is 14.4 Å². The van der Waals surface area contributed by atoms with E-state index in [0.29, 0.717) is 0 Å². The summed E-state index contributed by atoms with van der Waals surface area (Å²) >= 11 is 0. The molecule has 3 amide bonds. The van der Waals surface area contributed by atoms with Crippen molar-refractivity contribution in [2.24, 2.45) is 11.8 Å². The number of hydrogen-bond donors (Lipinski definition) is 2. The van der Waals surface area contributed by atoms with Gasteiger partial charge in [-0.2, -0.15) is 0 Å². The van der Waals surface area contributed by atoms with Crippen molar-refractivity contribution in [3.63, 3.8) is 0 Å². The molecule has 3 aliphatic heterocycles. The Balaban J connectivity index is 1.69. The highest BCUT2D eigenvalue weighted by Gasteiger charge is 2.72. The number of likely N-dealkylation sites (tertiary alicyclic amines) is 1. The van der Waals surface area contributed by atoms with Gasteiger partial charge >= 0.3 is 0 Å². The SMILES string of the molecule is C#CCN1C(=O)[C@@H]2[C@@H](C(=O)NC)[C@@H]3C=C[C@@]2(O3)[C@H]1C(=O)NC1CCCC1. The van der Waals surface area contributed by atoms with Gasteiger partial charge in [-0.25, -0.2) is 0 Å². The van der Waals surface area contributed by atoms with Crippen LogP contribution in [0.1, 0.15) is 25.7 Å². The quantitative estimate of drug-likeness (QED) is 0.528. The van der Waals surface area contributed by atoms with Crippen molar-refractivity contribution in [3.8, 4) is 12.3 Å². The van der Waals surface area contributed by atoms with Crippen LogP contribution in [-0.4, -0.2) is 60.0 Å². The summed E-state index contributed by atoms with van der Waals surface area (Å²) in [5.74, 6) is 0.332. The first kappa shape index (κ1) is 17.1. The Hall–Kier alpha value is -2.33. The highest BCUT2D eigenvalue weighted by molar-refractivity contribution is 6.00. The monoisotopic (exact) mass is 357 g/mol. The van der Waals surface area contributed by atoms with Gasteiger partial charge in [-0.15, -0.1) is 6.42 Å². The Morgan fingerprint density at radius 1 is 1.38 bits per heavy atom. The van der Waals surface area contributed by atoms with Crippen LogP contribution < -0.4 is 10.6 Å². The number of nitrogens with zero attached hydrogens (tertiary/aromatic N) is 1. The van der Waals surface area contributed by atoms with Crippen molar-refractivity contribution in [1.82, 2.24) is 15.5 Å². The van der Waals surface area contributed by atoms with Gasteiger partial charge in [-0.1, -0.05) is 30.9 Å². The molecule has 1 spiro atoms. The van der Waals surface area contributed by atoms with Crippen LogP contribution in [0.2, 0.25) is 0 Å². The molecule has 5 atom stereocenters. The first-order valence-electron chi connectivity index (χ1n) is 9.16. The fourth-order valence-electron chi connectivity index (χ4n) is 5.05. The minimum atomic E-state index is -1.11. The zero-order valence-electron chi connectivity index (χ0n) is 14.7. The maximum atomic E-state index is 13.1. The number of fused-ring (bicyclic) bond motifs is 1. The zero-order valence-corrected chi connectivity index (χ0v) is 14.7. The standard InChI is InChI=1S/C19H23N3O4/c1-3-10-22-15(17(24)21-11-6-4-5-7-11)19-9-8-12(26-19)13(16(23)20-2)14(19)18(22)25/h1,8-9,11-15H,4-7,10H2,2H3,(H,20,23)(H,21,24)/t12-,13-,14-,15+,19-/m0/s1. The molecule has 0 aromatic rings. The van der Waals surface area contributed by atoms with Gasteiger partial charge < -0.3 is 20.3 Å². The molecule has 7 heteroatoms. The van der Waals surface area contributed by atoms with Crippen LogP contribution in [0.25, 0.3) is 0 Å². The van der Waals surface area contributed by atoms with E-state index in [2.05, 4.69) is 16.6 Å². The summed E-state index contributed by atoms with van der Waals surface area (Å²) in [6.45, 7) is 0.0160. The van der Waals surface area contributed by atoms with E-state index < -0.39 is 29.6 Å². The number of amides is 3. The van der Waals surface area contributed by atoms with E-state index in [0.717, 1.165) is 25.7 Å². The first-order chi connectivity index (χ1) is 12.5. The smallest absolute Gasteiger partial charge is 0.246 e. The summed E-state index contributed by atoms with van der Waals surface area (Å²) in [5, 5.41) is 5.67. The normalized spacial score (nSPS) is 37.7. The molecule has 7 nitrogen and oxygen atoms in total. The maximum Gasteiger partial charge on any atom is 0.246 e. The lowest BCUT2D eigenvalue weighted by Crippen LogP contribution is -2.56. The second kappa shape index (κ2) is 6.13. The summed E-state index contributed by atoms with van der Waals surface area (Å²) in [6, 6.07) is -0.717. The molecule has 3 fully saturated rings. The number of nitrogens with one attached hydrogen (secondary N) is 2. The van der Waals surface area contributed by atoms with Gasteiger partial charge in [0.2, 0.25) is 17.7 Å². The summed E-state index contributed by atoms with van der Waals surface area (Å²) in [5.41, 5.74) is -1.11. The average molecular weight is 357 g/mol. The number of rotatable bonds is 4. The highest BCUT2D eigenvalue weighted by Crippen LogP contribution is 2.54. The lowest BCUT2D eigenvalue weighted by atomic mass is 9.74. The molecule has 1 aliphatic carbocycles. The number of terminal acetylenes is 1. The van der Waals surface area contributed by atoms with Gasteiger partial charge in [0.15, 0.2) is 0 Å². The Morgan fingerprint density at radius 3 is 2.77 bits per heavy atom. The Labute approximate surface area is 152 Å². The number of carbonyl (C=O) groups is 3. The molecule has 4 rings (SSSR count). The predicted molar refractivity (Wildman–Crippen MR) is 92.5 cm³/mol. The molecule has 0 aromatic heterocycles. The average Bonchev–Trinajstić information content (AvgIpc) is 3.37. The topological polar surface area (TPSA) is 87.7 Å². The Kier molecular flexibility index (Phi) is 4.03. The second-order valence-corrected chi connectivity index (χ2v) is 7.48. The van der Waals surface area contributed by atoms with E-state index in [9.17, 15) is 14.4 Å². The molecular weight excluding hydrogens is 334 g/mol. The van der Waals surface area contributed by atoms with Crippen LogP contribution in [0.5, 0.6) is 0 Å². The third kappa shape index (κ3) is 2.21. The molecule has 3 heterocycles. The molecule has 0 unspecified atom stereocenters. The molecule has 1 saturated carbocycles. The molecule has 2 N–H and O–H groups in total. The summed E-state index contributed by atoms with van der Waals surface area (Å²) < 4.78 is 6.10. The van der Waals surface area contributed by atoms with Gasteiger partial charge in [0.25, 0.3) is 0 Å². The third-order valence-corrected chi connectivity index (χ3v) is 6.13. The summed E-state index contributed by atoms with van der Waals surface area (Å²) in [7, 11) is 1.54. The summed E-state index contributed by atoms with van der Waals surface area (Å²) in [4.78, 5) is 40.0. The van der Waals surface area contributed by atoms with E-state index in [1.165, 1.54) is 11.9 Å². The van der Waals surface area contributed by atoms with E-state index in [1.54, 1.807) is 12.2 Å². The summed E-state index contributed by atoms with van der Waals surface area (Å²) in [6.07, 6.45) is 12.6. The molecule has 2 bridgehead atoms. The van der Waals surface area contributed by atoms with Gasteiger partial charge in [-0.05, 0) is 12.8 Å². The van der Waals surface area contributed by atoms with Gasteiger partial charge in [0.1, 0.15) is 11.6 Å². The predicted octanol–water partition coefficient (Wildman–Crippen LogP) is -0.425. The molecule has 0 aromatic carbocycles. The minimum Gasteiger partial charge on any atom is -0.359 e. The van der Waals surface area contributed by atoms with Crippen LogP contribution >= 0.6 is 0 Å². The lowest BCUT2D eigenvalue weighted by Gasteiger charge is -2.32. The van der Waals surface area contributed by atoms with E-state index >= 15 is 0 Å². The van der Waals surface area contributed by atoms with Crippen molar-refractivity contribution in [3.05, 3.63) is 12.2 Å². The van der Waals surface area contributed by atoms with Crippen LogP contribution in [0.4, 0.5) is 0 Å². The largest absolute Gasteiger partial charge is 0.359 e. The van der Waals surface area contributed by atoms with Crippen molar-refractivity contribution in [2.75, 3.05) is 13.6 Å². The third-order valence-electron chi connectivity index (χ3n) is 6.13. The van der Waals surface area contributed by atoms with E-state index in [-0.39, 0.29) is 30.3 Å². The van der Waals surface area contributed by atoms with Crippen molar-refractivity contribution < 1.29 is 19.1 Å². The fraction of sp³-hybridized carbons (Fsp3) is 0.632. The molecule has 26 heavy (non-hydrogen) atoms. The van der Waals surface area contributed by atoms with Crippen LogP contribution in [-0.2, 0) is 19.1 Å². The van der Waals surface area contributed by atoms with Crippen LogP contribution in [0.3, 0.4) is 0 Å². The second-order valence-electron chi connectivity index (χ2n) is 7.48. The molecule has 0 radical (unpaired) electrons. The first-order valence-corrected chi connectivity index (χ1v) is 9.16. The molecule has 138 valence electrons. The van der Waals surface area contributed by atoms with Crippen LogP contribution in [0, 0.1) is 24.2 Å².